The largest absolute Gasteiger partial charge is 0.355 e. The van der Waals surface area contributed by atoms with Crippen molar-refractivity contribution in [3.8, 4) is 0 Å². The fourth-order valence-electron chi connectivity index (χ4n) is 2.95. The third-order valence-corrected chi connectivity index (χ3v) is 4.19. The minimum absolute atomic E-state index is 0.00892. The van der Waals surface area contributed by atoms with Crippen LogP contribution in [0.4, 0.5) is 0 Å². The van der Waals surface area contributed by atoms with Crippen molar-refractivity contribution in [3.05, 3.63) is 35.9 Å². The number of hydrogen-bond acceptors (Lipinski definition) is 3. The maximum absolute atomic E-state index is 11.9. The Hall–Kier alpha value is -1.88. The Morgan fingerprint density at radius 1 is 1.14 bits per heavy atom. The van der Waals surface area contributed by atoms with Gasteiger partial charge in [-0.3, -0.25) is 9.59 Å². The van der Waals surface area contributed by atoms with Gasteiger partial charge in [0.05, 0.1) is 6.42 Å². The van der Waals surface area contributed by atoms with Crippen molar-refractivity contribution in [2.45, 2.75) is 38.1 Å². The van der Waals surface area contributed by atoms with Gasteiger partial charge in [-0.2, -0.15) is 0 Å². The van der Waals surface area contributed by atoms with Crippen LogP contribution in [-0.2, 0) is 16.0 Å². The molecule has 2 unspecified atom stereocenters. The van der Waals surface area contributed by atoms with E-state index in [1.165, 1.54) is 0 Å². The fourth-order valence-corrected chi connectivity index (χ4v) is 2.95. The van der Waals surface area contributed by atoms with Gasteiger partial charge >= 0.3 is 0 Å². The van der Waals surface area contributed by atoms with E-state index in [2.05, 4.69) is 10.6 Å². The normalized spacial score (nSPS) is 20.6. The molecule has 2 amide bonds. The molecule has 4 N–H and O–H groups in total. The molecule has 0 aromatic heterocycles. The minimum Gasteiger partial charge on any atom is -0.355 e. The third kappa shape index (κ3) is 5.15. The Morgan fingerprint density at radius 2 is 1.91 bits per heavy atom. The molecule has 1 fully saturated rings. The summed E-state index contributed by atoms with van der Waals surface area (Å²) in [6, 6.07) is 9.77. The van der Waals surface area contributed by atoms with Crippen molar-refractivity contribution in [3.63, 3.8) is 0 Å². The van der Waals surface area contributed by atoms with Gasteiger partial charge in [0.1, 0.15) is 0 Å². The lowest BCUT2D eigenvalue weighted by atomic mass is 10.0. The average Bonchev–Trinajstić information content (AvgIpc) is 2.95. The first-order valence-electron chi connectivity index (χ1n) is 7.99. The maximum Gasteiger partial charge on any atom is 0.224 e. The highest BCUT2D eigenvalue weighted by Gasteiger charge is 2.26. The molecule has 2 rings (SSSR count). The summed E-state index contributed by atoms with van der Waals surface area (Å²) >= 11 is 0. The number of hydrogen-bond donors (Lipinski definition) is 3. The van der Waals surface area contributed by atoms with E-state index >= 15 is 0 Å². The highest BCUT2D eigenvalue weighted by Crippen LogP contribution is 2.24. The maximum atomic E-state index is 11.9. The van der Waals surface area contributed by atoms with Gasteiger partial charge < -0.3 is 16.4 Å². The van der Waals surface area contributed by atoms with E-state index in [9.17, 15) is 9.59 Å². The first kappa shape index (κ1) is 16.5. The molecule has 5 heteroatoms. The van der Waals surface area contributed by atoms with Crippen LogP contribution in [0.2, 0.25) is 0 Å². The molecule has 0 aliphatic heterocycles. The summed E-state index contributed by atoms with van der Waals surface area (Å²) in [4.78, 5) is 23.7. The molecule has 0 radical (unpaired) electrons. The molecule has 5 nitrogen and oxygen atoms in total. The number of carbonyl (C=O) groups excluding carboxylic acids is 2. The molecule has 0 heterocycles. The van der Waals surface area contributed by atoms with Gasteiger partial charge in [0.2, 0.25) is 11.8 Å². The number of nitrogens with one attached hydrogen (secondary N) is 2. The van der Waals surface area contributed by atoms with E-state index in [-0.39, 0.29) is 17.9 Å². The van der Waals surface area contributed by atoms with Crippen molar-refractivity contribution in [2.24, 2.45) is 11.7 Å². The Balaban J connectivity index is 1.63. The van der Waals surface area contributed by atoms with Crippen LogP contribution >= 0.6 is 0 Å². The van der Waals surface area contributed by atoms with Crippen LogP contribution in [0.1, 0.15) is 31.2 Å². The van der Waals surface area contributed by atoms with Gasteiger partial charge in [0, 0.05) is 19.0 Å². The molecular formula is C17H25N3O2. The van der Waals surface area contributed by atoms with Gasteiger partial charge in [0.25, 0.3) is 0 Å². The Kier molecular flexibility index (Phi) is 6.40. The van der Waals surface area contributed by atoms with E-state index in [0.717, 1.165) is 24.8 Å². The number of rotatable bonds is 7. The molecule has 1 aliphatic rings. The number of benzene rings is 1. The van der Waals surface area contributed by atoms with E-state index in [1.807, 2.05) is 30.3 Å². The van der Waals surface area contributed by atoms with E-state index in [0.29, 0.717) is 31.8 Å². The Morgan fingerprint density at radius 3 is 2.64 bits per heavy atom. The molecule has 1 saturated carbocycles. The van der Waals surface area contributed by atoms with Crippen molar-refractivity contribution >= 4 is 11.8 Å². The first-order valence-corrected chi connectivity index (χ1v) is 7.99. The zero-order valence-electron chi connectivity index (χ0n) is 12.9. The lowest BCUT2D eigenvalue weighted by molar-refractivity contribution is -0.122. The molecule has 0 saturated heterocycles. The molecule has 22 heavy (non-hydrogen) atoms. The van der Waals surface area contributed by atoms with E-state index < -0.39 is 0 Å². The number of nitrogens with two attached hydrogens (primary N) is 1. The molecule has 2 atom stereocenters. The summed E-state index contributed by atoms with van der Waals surface area (Å²) in [7, 11) is 0. The van der Waals surface area contributed by atoms with Crippen molar-refractivity contribution in [1.29, 1.82) is 0 Å². The molecule has 1 aromatic rings. The van der Waals surface area contributed by atoms with Crippen LogP contribution < -0.4 is 16.4 Å². The summed E-state index contributed by atoms with van der Waals surface area (Å²) in [6.07, 6.45) is 3.89. The Labute approximate surface area is 131 Å². The third-order valence-electron chi connectivity index (χ3n) is 4.19. The van der Waals surface area contributed by atoms with Gasteiger partial charge in [-0.15, -0.1) is 0 Å². The van der Waals surface area contributed by atoms with Crippen LogP contribution in [0.25, 0.3) is 0 Å². The van der Waals surface area contributed by atoms with Crippen LogP contribution in [0.5, 0.6) is 0 Å². The quantitative estimate of drug-likeness (QED) is 0.702. The molecule has 0 spiro atoms. The SMILES string of the molecule is NCC1CCCC1NC(=O)CCNC(=O)Cc1ccccc1. The predicted octanol–water partition coefficient (Wildman–Crippen LogP) is 0.979. The van der Waals surface area contributed by atoms with E-state index in [1.54, 1.807) is 0 Å². The number of amides is 2. The summed E-state index contributed by atoms with van der Waals surface area (Å²) < 4.78 is 0. The first-order chi connectivity index (χ1) is 10.7. The zero-order chi connectivity index (χ0) is 15.8. The zero-order valence-corrected chi connectivity index (χ0v) is 12.9. The number of carbonyl (C=O) groups is 2. The highest BCUT2D eigenvalue weighted by atomic mass is 16.2. The van der Waals surface area contributed by atoms with Crippen molar-refractivity contribution in [1.82, 2.24) is 10.6 Å². The van der Waals surface area contributed by atoms with Crippen LogP contribution in [-0.4, -0.2) is 30.9 Å². The topological polar surface area (TPSA) is 84.2 Å². The van der Waals surface area contributed by atoms with Crippen LogP contribution in [0.15, 0.2) is 30.3 Å². The predicted molar refractivity (Wildman–Crippen MR) is 86.1 cm³/mol. The van der Waals surface area contributed by atoms with Gasteiger partial charge in [-0.25, -0.2) is 0 Å². The second kappa shape index (κ2) is 8.54. The van der Waals surface area contributed by atoms with E-state index in [4.69, 9.17) is 5.73 Å². The van der Waals surface area contributed by atoms with Crippen LogP contribution in [0, 0.1) is 5.92 Å². The van der Waals surface area contributed by atoms with Crippen LogP contribution in [0.3, 0.4) is 0 Å². The second-order valence-electron chi connectivity index (χ2n) is 5.86. The molecule has 1 aromatic carbocycles. The average molecular weight is 303 g/mol. The minimum atomic E-state index is -0.0558. The summed E-state index contributed by atoms with van der Waals surface area (Å²) in [5.74, 6) is 0.335. The van der Waals surface area contributed by atoms with Gasteiger partial charge in [-0.1, -0.05) is 36.8 Å². The fraction of sp³-hybridized carbons (Fsp3) is 0.529. The summed E-state index contributed by atoms with van der Waals surface area (Å²) in [6.45, 7) is 0.996. The lowest BCUT2D eigenvalue weighted by Gasteiger charge is -2.19. The van der Waals surface area contributed by atoms with Gasteiger partial charge in [0.15, 0.2) is 0 Å². The molecule has 120 valence electrons. The molecule has 0 bridgehead atoms. The summed E-state index contributed by atoms with van der Waals surface area (Å²) in [5, 5.41) is 5.82. The smallest absolute Gasteiger partial charge is 0.224 e. The van der Waals surface area contributed by atoms with Crippen molar-refractivity contribution < 1.29 is 9.59 Å². The summed E-state index contributed by atoms with van der Waals surface area (Å²) in [5.41, 5.74) is 6.68. The highest BCUT2D eigenvalue weighted by molar-refractivity contribution is 5.80. The molecule has 1 aliphatic carbocycles. The molecular weight excluding hydrogens is 278 g/mol. The van der Waals surface area contributed by atoms with Gasteiger partial charge in [-0.05, 0) is 30.9 Å². The monoisotopic (exact) mass is 303 g/mol. The Bertz CT molecular complexity index is 490. The standard InChI is InChI=1S/C17H25N3O2/c18-12-14-7-4-8-15(14)20-16(21)9-10-19-17(22)11-13-5-2-1-3-6-13/h1-3,5-6,14-15H,4,7-12,18H2,(H,19,22)(H,20,21). The lowest BCUT2D eigenvalue weighted by Crippen LogP contribution is -2.41. The van der Waals surface area contributed by atoms with Crippen molar-refractivity contribution in [2.75, 3.05) is 13.1 Å². The second-order valence-corrected chi connectivity index (χ2v) is 5.86.